The molecule has 1 unspecified atom stereocenters. The second-order valence-electron chi connectivity index (χ2n) is 4.94. The topological polar surface area (TPSA) is 51.0 Å². The molecule has 1 aliphatic heterocycles. The van der Waals surface area contributed by atoms with Crippen LogP contribution >= 0.6 is 11.3 Å². The molecule has 1 fully saturated rings. The first-order valence-electron chi connectivity index (χ1n) is 7.02. The van der Waals surface area contributed by atoms with E-state index in [0.29, 0.717) is 5.89 Å². The average molecular weight is 277 g/mol. The van der Waals surface area contributed by atoms with E-state index in [1.165, 1.54) is 24.8 Å². The van der Waals surface area contributed by atoms with Gasteiger partial charge in [0.15, 0.2) is 5.82 Å². The van der Waals surface area contributed by atoms with Crippen molar-refractivity contribution in [2.45, 2.75) is 45.1 Å². The van der Waals surface area contributed by atoms with E-state index < -0.39 is 0 Å². The summed E-state index contributed by atoms with van der Waals surface area (Å²) in [7, 11) is 0. The van der Waals surface area contributed by atoms with Crippen LogP contribution in [0.1, 0.15) is 50.0 Å². The summed E-state index contributed by atoms with van der Waals surface area (Å²) < 4.78 is 5.45. The molecule has 4 nitrogen and oxygen atoms in total. The number of rotatable bonds is 3. The van der Waals surface area contributed by atoms with Gasteiger partial charge in [-0.3, -0.25) is 0 Å². The molecule has 1 saturated heterocycles. The summed E-state index contributed by atoms with van der Waals surface area (Å²) in [5.74, 6) is 1.49. The number of aryl methyl sites for hydroxylation is 1. The van der Waals surface area contributed by atoms with E-state index in [4.69, 9.17) is 4.52 Å². The van der Waals surface area contributed by atoms with E-state index >= 15 is 0 Å². The second kappa shape index (κ2) is 5.84. The van der Waals surface area contributed by atoms with E-state index in [2.05, 4.69) is 33.8 Å². The molecule has 3 rings (SSSR count). The normalized spacial score (nSPS) is 20.4. The third-order valence-corrected chi connectivity index (χ3v) is 4.58. The maximum atomic E-state index is 5.45. The first-order valence-corrected chi connectivity index (χ1v) is 7.90. The monoisotopic (exact) mass is 277 g/mol. The van der Waals surface area contributed by atoms with Crippen LogP contribution in [0.25, 0.3) is 10.8 Å². The molecule has 0 spiro atoms. The third kappa shape index (κ3) is 2.72. The summed E-state index contributed by atoms with van der Waals surface area (Å²) in [5.41, 5.74) is 1.29. The Bertz CT molecular complexity index is 526. The minimum absolute atomic E-state index is 0.255. The minimum Gasteiger partial charge on any atom is -0.333 e. The van der Waals surface area contributed by atoms with Crippen LogP contribution in [0.15, 0.2) is 16.0 Å². The molecule has 3 heterocycles. The number of aromatic nitrogens is 2. The van der Waals surface area contributed by atoms with Crippen molar-refractivity contribution < 1.29 is 4.52 Å². The summed E-state index contributed by atoms with van der Waals surface area (Å²) in [6.45, 7) is 3.20. The molecule has 102 valence electrons. The van der Waals surface area contributed by atoms with Crippen molar-refractivity contribution in [3.8, 4) is 10.8 Å². The molecule has 0 radical (unpaired) electrons. The summed E-state index contributed by atoms with van der Waals surface area (Å²) in [4.78, 5) is 5.72. The Hall–Kier alpha value is -1.20. The van der Waals surface area contributed by atoms with Crippen LogP contribution in [0.3, 0.4) is 0 Å². The summed E-state index contributed by atoms with van der Waals surface area (Å²) in [5, 5.41) is 9.76. The third-order valence-electron chi connectivity index (χ3n) is 3.64. The van der Waals surface area contributed by atoms with Crippen LogP contribution in [-0.2, 0) is 6.42 Å². The maximum Gasteiger partial charge on any atom is 0.268 e. The lowest BCUT2D eigenvalue weighted by Gasteiger charge is -2.09. The fourth-order valence-corrected chi connectivity index (χ4v) is 3.44. The van der Waals surface area contributed by atoms with Crippen LogP contribution in [0, 0.1) is 0 Å². The van der Waals surface area contributed by atoms with Crippen LogP contribution in [-0.4, -0.2) is 16.7 Å². The SMILES string of the molecule is CCc1ccsc1-c1nc(C2CCCCCN2)no1. The predicted molar refractivity (Wildman–Crippen MR) is 76.2 cm³/mol. The Morgan fingerprint density at radius 2 is 2.37 bits per heavy atom. The smallest absolute Gasteiger partial charge is 0.268 e. The quantitative estimate of drug-likeness (QED) is 0.932. The Balaban J connectivity index is 1.82. The first-order chi connectivity index (χ1) is 9.38. The van der Waals surface area contributed by atoms with Crippen molar-refractivity contribution in [1.82, 2.24) is 15.5 Å². The zero-order valence-corrected chi connectivity index (χ0v) is 12.0. The van der Waals surface area contributed by atoms with Gasteiger partial charge in [-0.05, 0) is 42.8 Å². The number of hydrogen-bond donors (Lipinski definition) is 1. The van der Waals surface area contributed by atoms with Gasteiger partial charge in [0.2, 0.25) is 0 Å². The summed E-state index contributed by atoms with van der Waals surface area (Å²) >= 11 is 1.67. The van der Waals surface area contributed by atoms with E-state index in [-0.39, 0.29) is 6.04 Å². The lowest BCUT2D eigenvalue weighted by molar-refractivity contribution is 0.403. The molecule has 2 aromatic rings. The van der Waals surface area contributed by atoms with Crippen LogP contribution < -0.4 is 5.32 Å². The molecule has 5 heteroatoms. The second-order valence-corrected chi connectivity index (χ2v) is 5.86. The molecule has 0 saturated carbocycles. The van der Waals surface area contributed by atoms with Gasteiger partial charge in [-0.15, -0.1) is 11.3 Å². The van der Waals surface area contributed by atoms with Crippen molar-refractivity contribution >= 4 is 11.3 Å². The highest BCUT2D eigenvalue weighted by atomic mass is 32.1. The van der Waals surface area contributed by atoms with Gasteiger partial charge in [0.25, 0.3) is 5.89 Å². The zero-order valence-electron chi connectivity index (χ0n) is 11.2. The fraction of sp³-hybridized carbons (Fsp3) is 0.571. The number of nitrogens with zero attached hydrogens (tertiary/aromatic N) is 2. The van der Waals surface area contributed by atoms with Gasteiger partial charge in [-0.25, -0.2) is 0 Å². The molecule has 19 heavy (non-hydrogen) atoms. The largest absolute Gasteiger partial charge is 0.333 e. The first kappa shape index (κ1) is 12.8. The van der Waals surface area contributed by atoms with Crippen molar-refractivity contribution in [2.24, 2.45) is 0 Å². The molecule has 0 aliphatic carbocycles. The molecule has 0 aromatic carbocycles. The molecule has 1 N–H and O–H groups in total. The van der Waals surface area contributed by atoms with Crippen molar-refractivity contribution in [3.63, 3.8) is 0 Å². The van der Waals surface area contributed by atoms with E-state index in [9.17, 15) is 0 Å². The van der Waals surface area contributed by atoms with Crippen molar-refractivity contribution in [1.29, 1.82) is 0 Å². The number of hydrogen-bond acceptors (Lipinski definition) is 5. The maximum absolute atomic E-state index is 5.45. The minimum atomic E-state index is 0.255. The fourth-order valence-electron chi connectivity index (χ4n) is 2.52. The lowest BCUT2D eigenvalue weighted by atomic mass is 10.1. The highest BCUT2D eigenvalue weighted by Gasteiger charge is 2.21. The van der Waals surface area contributed by atoms with Gasteiger partial charge in [-0.1, -0.05) is 24.9 Å². The van der Waals surface area contributed by atoms with Crippen molar-refractivity contribution in [2.75, 3.05) is 6.54 Å². The summed E-state index contributed by atoms with van der Waals surface area (Å²) in [6.07, 6.45) is 5.87. The predicted octanol–water partition coefficient (Wildman–Crippen LogP) is 3.57. The Labute approximate surface area is 117 Å². The van der Waals surface area contributed by atoms with Crippen LogP contribution in [0.2, 0.25) is 0 Å². The van der Waals surface area contributed by atoms with Gasteiger partial charge in [0.1, 0.15) is 0 Å². The van der Waals surface area contributed by atoms with Gasteiger partial charge in [0.05, 0.1) is 10.9 Å². The molecule has 2 aromatic heterocycles. The average Bonchev–Trinajstić information content (AvgIpc) is 3.01. The van der Waals surface area contributed by atoms with Gasteiger partial charge < -0.3 is 9.84 Å². The molecule has 1 aliphatic rings. The summed E-state index contributed by atoms with van der Waals surface area (Å²) in [6, 6.07) is 2.39. The highest BCUT2D eigenvalue weighted by Crippen LogP contribution is 2.30. The Morgan fingerprint density at radius 3 is 3.26 bits per heavy atom. The molecular weight excluding hydrogens is 258 g/mol. The van der Waals surface area contributed by atoms with Gasteiger partial charge >= 0.3 is 0 Å². The van der Waals surface area contributed by atoms with E-state index in [1.54, 1.807) is 11.3 Å². The van der Waals surface area contributed by atoms with Gasteiger partial charge in [-0.2, -0.15) is 4.98 Å². The zero-order chi connectivity index (χ0) is 13.1. The standard InChI is InChI=1S/C14H19N3OS/c1-2-10-7-9-19-12(10)14-16-13(17-18-14)11-6-4-3-5-8-15-11/h7,9,11,15H,2-6,8H2,1H3. The van der Waals surface area contributed by atoms with Gasteiger partial charge in [0, 0.05) is 0 Å². The molecule has 0 bridgehead atoms. The number of nitrogens with one attached hydrogen (secondary N) is 1. The number of thiophene rings is 1. The molecular formula is C14H19N3OS. The van der Waals surface area contributed by atoms with E-state index in [1.807, 2.05) is 0 Å². The van der Waals surface area contributed by atoms with Crippen LogP contribution in [0.4, 0.5) is 0 Å². The van der Waals surface area contributed by atoms with Crippen LogP contribution in [0.5, 0.6) is 0 Å². The Kier molecular flexibility index (Phi) is 3.94. The van der Waals surface area contributed by atoms with E-state index in [0.717, 1.165) is 30.1 Å². The highest BCUT2D eigenvalue weighted by molar-refractivity contribution is 7.13. The Morgan fingerprint density at radius 1 is 1.42 bits per heavy atom. The molecule has 0 amide bonds. The molecule has 1 atom stereocenters. The lowest BCUT2D eigenvalue weighted by Crippen LogP contribution is -2.21. The van der Waals surface area contributed by atoms with Crippen molar-refractivity contribution in [3.05, 3.63) is 22.8 Å².